The van der Waals surface area contributed by atoms with Gasteiger partial charge in [-0.2, -0.15) is 0 Å². The Morgan fingerprint density at radius 2 is 1.88 bits per heavy atom. The molecular weight excluding hydrogens is 198 g/mol. The Balaban J connectivity index is 1.72. The van der Waals surface area contributed by atoms with Crippen molar-refractivity contribution in [1.82, 2.24) is 4.57 Å². The van der Waals surface area contributed by atoms with Gasteiger partial charge in [-0.3, -0.25) is 0 Å². The van der Waals surface area contributed by atoms with Crippen LogP contribution in [0.3, 0.4) is 0 Å². The molecular formula is C14H17NO. The molecule has 2 rings (SSSR count). The molecule has 1 aromatic heterocycles. The number of hydrogen-bond donors (Lipinski definition) is 0. The van der Waals surface area contributed by atoms with Crippen molar-refractivity contribution in [3.8, 4) is 5.75 Å². The Labute approximate surface area is 96.5 Å². The Hall–Kier alpha value is -1.70. The van der Waals surface area contributed by atoms with Crippen molar-refractivity contribution in [3.63, 3.8) is 0 Å². The van der Waals surface area contributed by atoms with Crippen LogP contribution >= 0.6 is 0 Å². The summed E-state index contributed by atoms with van der Waals surface area (Å²) in [6.07, 6.45) is 3.14. The second-order valence-corrected chi connectivity index (χ2v) is 3.86. The number of nitrogens with zero attached hydrogens (tertiary/aromatic N) is 1. The van der Waals surface area contributed by atoms with Crippen molar-refractivity contribution in [2.75, 3.05) is 6.61 Å². The van der Waals surface area contributed by atoms with Gasteiger partial charge in [0.2, 0.25) is 0 Å². The van der Waals surface area contributed by atoms with Gasteiger partial charge < -0.3 is 9.30 Å². The minimum absolute atomic E-state index is 0.766. The molecule has 0 spiro atoms. The third-order valence-electron chi connectivity index (χ3n) is 2.61. The minimum Gasteiger partial charge on any atom is -0.494 e. The second-order valence-electron chi connectivity index (χ2n) is 3.86. The monoisotopic (exact) mass is 215 g/mol. The zero-order valence-corrected chi connectivity index (χ0v) is 9.60. The fourth-order valence-corrected chi connectivity index (χ4v) is 1.69. The van der Waals surface area contributed by atoms with Crippen molar-refractivity contribution >= 4 is 0 Å². The van der Waals surface area contributed by atoms with E-state index in [1.807, 2.05) is 30.3 Å². The summed E-state index contributed by atoms with van der Waals surface area (Å²) >= 11 is 0. The summed E-state index contributed by atoms with van der Waals surface area (Å²) in [5.74, 6) is 0.951. The number of hydrogen-bond acceptors (Lipinski definition) is 1. The first-order valence-corrected chi connectivity index (χ1v) is 5.66. The van der Waals surface area contributed by atoms with E-state index in [0.717, 1.165) is 25.3 Å². The van der Waals surface area contributed by atoms with Gasteiger partial charge in [-0.15, -0.1) is 0 Å². The predicted molar refractivity (Wildman–Crippen MR) is 65.7 cm³/mol. The lowest BCUT2D eigenvalue weighted by Gasteiger charge is -2.08. The van der Waals surface area contributed by atoms with E-state index < -0.39 is 0 Å². The van der Waals surface area contributed by atoms with Crippen molar-refractivity contribution in [3.05, 3.63) is 54.4 Å². The van der Waals surface area contributed by atoms with Crippen molar-refractivity contribution in [2.24, 2.45) is 0 Å². The molecule has 0 saturated heterocycles. The molecule has 0 radical (unpaired) electrons. The topological polar surface area (TPSA) is 14.2 Å². The number of aromatic nitrogens is 1. The van der Waals surface area contributed by atoms with Crippen LogP contribution in [0, 0.1) is 6.92 Å². The summed E-state index contributed by atoms with van der Waals surface area (Å²) in [6.45, 7) is 3.91. The number of benzene rings is 1. The molecule has 0 bridgehead atoms. The average molecular weight is 215 g/mol. The molecule has 0 amide bonds. The van der Waals surface area contributed by atoms with Gasteiger partial charge in [-0.25, -0.2) is 0 Å². The van der Waals surface area contributed by atoms with Crippen LogP contribution in [0.1, 0.15) is 12.1 Å². The fraction of sp³-hybridized carbons (Fsp3) is 0.286. The molecule has 2 nitrogen and oxygen atoms in total. The first-order valence-electron chi connectivity index (χ1n) is 5.66. The molecule has 0 aliphatic carbocycles. The van der Waals surface area contributed by atoms with E-state index in [9.17, 15) is 0 Å². The first kappa shape index (κ1) is 10.8. The lowest BCUT2D eigenvalue weighted by atomic mass is 10.3. The normalized spacial score (nSPS) is 10.3. The maximum atomic E-state index is 5.63. The van der Waals surface area contributed by atoms with E-state index in [-0.39, 0.29) is 0 Å². The van der Waals surface area contributed by atoms with Gasteiger partial charge >= 0.3 is 0 Å². The minimum atomic E-state index is 0.766. The zero-order chi connectivity index (χ0) is 11.2. The fourth-order valence-electron chi connectivity index (χ4n) is 1.69. The van der Waals surface area contributed by atoms with Gasteiger partial charge in [0.1, 0.15) is 5.75 Å². The lowest BCUT2D eigenvalue weighted by Crippen LogP contribution is -2.04. The summed E-state index contributed by atoms with van der Waals surface area (Å²) in [5.41, 5.74) is 1.31. The van der Waals surface area contributed by atoms with Crippen molar-refractivity contribution < 1.29 is 4.74 Å². The van der Waals surface area contributed by atoms with Gasteiger partial charge in [-0.1, -0.05) is 18.2 Å². The van der Waals surface area contributed by atoms with Crippen LogP contribution in [0.15, 0.2) is 48.7 Å². The van der Waals surface area contributed by atoms with E-state index in [0.29, 0.717) is 0 Å². The molecule has 1 heterocycles. The lowest BCUT2D eigenvalue weighted by molar-refractivity contribution is 0.301. The second kappa shape index (κ2) is 5.40. The van der Waals surface area contributed by atoms with Crippen LogP contribution in [0.2, 0.25) is 0 Å². The Morgan fingerprint density at radius 3 is 2.56 bits per heavy atom. The smallest absolute Gasteiger partial charge is 0.119 e. The van der Waals surface area contributed by atoms with Crippen LogP contribution in [0.25, 0.3) is 0 Å². The van der Waals surface area contributed by atoms with Crippen LogP contribution in [-0.2, 0) is 6.54 Å². The highest BCUT2D eigenvalue weighted by molar-refractivity contribution is 5.20. The van der Waals surface area contributed by atoms with Crippen molar-refractivity contribution in [1.29, 1.82) is 0 Å². The highest BCUT2D eigenvalue weighted by Gasteiger charge is 1.95. The van der Waals surface area contributed by atoms with Crippen molar-refractivity contribution in [2.45, 2.75) is 19.9 Å². The predicted octanol–water partition coefficient (Wildman–Crippen LogP) is 3.27. The number of para-hydroxylation sites is 1. The van der Waals surface area contributed by atoms with Crippen LogP contribution in [-0.4, -0.2) is 11.2 Å². The molecule has 0 atom stereocenters. The maximum Gasteiger partial charge on any atom is 0.119 e. The molecule has 2 aromatic rings. The Bertz CT molecular complexity index is 419. The molecule has 0 unspecified atom stereocenters. The molecule has 0 aliphatic heterocycles. The molecule has 16 heavy (non-hydrogen) atoms. The molecule has 0 N–H and O–H groups in total. The van der Waals surface area contributed by atoms with Crippen LogP contribution in [0.5, 0.6) is 5.75 Å². The molecule has 0 aliphatic rings. The number of ether oxygens (including phenoxy) is 1. The number of aryl methyl sites for hydroxylation is 2. The van der Waals surface area contributed by atoms with Gasteiger partial charge in [0.05, 0.1) is 6.61 Å². The third kappa shape index (κ3) is 2.89. The van der Waals surface area contributed by atoms with E-state index in [1.54, 1.807) is 0 Å². The highest BCUT2D eigenvalue weighted by atomic mass is 16.5. The molecule has 2 heteroatoms. The quantitative estimate of drug-likeness (QED) is 0.698. The summed E-state index contributed by atoms with van der Waals surface area (Å²) in [5, 5.41) is 0. The van der Waals surface area contributed by atoms with E-state index in [4.69, 9.17) is 4.74 Å². The van der Waals surface area contributed by atoms with Gasteiger partial charge in [0.25, 0.3) is 0 Å². The van der Waals surface area contributed by atoms with Crippen LogP contribution < -0.4 is 4.74 Å². The van der Waals surface area contributed by atoms with Gasteiger partial charge in [0, 0.05) is 18.4 Å². The highest BCUT2D eigenvalue weighted by Crippen LogP contribution is 2.09. The third-order valence-corrected chi connectivity index (χ3v) is 2.61. The number of rotatable bonds is 5. The summed E-state index contributed by atoms with van der Waals surface area (Å²) in [4.78, 5) is 0. The molecule has 1 aromatic carbocycles. The largest absolute Gasteiger partial charge is 0.494 e. The summed E-state index contributed by atoms with van der Waals surface area (Å²) in [7, 11) is 0. The maximum absolute atomic E-state index is 5.63. The Morgan fingerprint density at radius 1 is 1.06 bits per heavy atom. The molecule has 84 valence electrons. The Kier molecular flexibility index (Phi) is 3.65. The van der Waals surface area contributed by atoms with E-state index in [2.05, 4.69) is 29.8 Å². The van der Waals surface area contributed by atoms with Gasteiger partial charge in [0.15, 0.2) is 0 Å². The van der Waals surface area contributed by atoms with E-state index >= 15 is 0 Å². The SMILES string of the molecule is Cc1cccn1CCCOc1ccccc1. The average Bonchev–Trinajstić information content (AvgIpc) is 2.72. The molecule has 0 fully saturated rings. The zero-order valence-electron chi connectivity index (χ0n) is 9.60. The standard InChI is InChI=1S/C14H17NO/c1-13-7-5-10-15(13)11-6-12-16-14-8-3-2-4-9-14/h2-5,7-10H,6,11-12H2,1H3. The van der Waals surface area contributed by atoms with E-state index in [1.165, 1.54) is 5.69 Å². The summed E-state index contributed by atoms with van der Waals surface area (Å²) < 4.78 is 7.88. The molecule has 0 saturated carbocycles. The first-order chi connectivity index (χ1) is 7.86. The van der Waals surface area contributed by atoms with Gasteiger partial charge in [-0.05, 0) is 37.6 Å². The summed E-state index contributed by atoms with van der Waals surface area (Å²) in [6, 6.07) is 14.2. The van der Waals surface area contributed by atoms with Crippen LogP contribution in [0.4, 0.5) is 0 Å².